The number of hydrogen-bond acceptors (Lipinski definition) is 2. The zero-order valence-electron chi connectivity index (χ0n) is 4.98. The van der Waals surface area contributed by atoms with Crippen LogP contribution in [0.25, 0.3) is 0 Å². The second-order valence-corrected chi connectivity index (χ2v) is 3.50. The van der Waals surface area contributed by atoms with Crippen molar-refractivity contribution in [3.63, 3.8) is 0 Å². The first-order valence-corrected chi connectivity index (χ1v) is 3.81. The lowest BCUT2D eigenvalue weighted by Gasteiger charge is -1.97. The average Bonchev–Trinajstić information content (AvgIpc) is 1.61. The van der Waals surface area contributed by atoms with Crippen molar-refractivity contribution in [2.24, 2.45) is 5.92 Å². The Labute approximate surface area is 58.8 Å². The highest BCUT2D eigenvalue weighted by molar-refractivity contribution is 8.16. The Balaban J connectivity index is 3.05. The van der Waals surface area contributed by atoms with Crippen LogP contribution in [-0.4, -0.2) is 10.3 Å². The molecule has 0 atom stereocenters. The van der Waals surface area contributed by atoms with Crippen LogP contribution in [0.15, 0.2) is 0 Å². The third-order valence-electron chi connectivity index (χ3n) is 0.530. The molecule has 0 unspecified atom stereocenters. The molecule has 0 aliphatic carbocycles. The summed E-state index contributed by atoms with van der Waals surface area (Å²) in [4.78, 5) is 10.1. The molecule has 0 saturated carbocycles. The van der Waals surface area contributed by atoms with E-state index in [2.05, 4.69) is 0 Å². The molecule has 0 heterocycles. The van der Waals surface area contributed by atoms with Crippen molar-refractivity contribution in [1.82, 2.24) is 0 Å². The predicted molar refractivity (Wildman–Crippen MR) is 38.5 cm³/mol. The van der Waals surface area contributed by atoms with Crippen molar-refractivity contribution >= 4 is 27.9 Å². The topological polar surface area (TPSA) is 17.1 Å². The minimum atomic E-state index is -0.307. The van der Waals surface area contributed by atoms with Gasteiger partial charge < -0.3 is 0 Å². The lowest BCUT2D eigenvalue weighted by Crippen LogP contribution is -1.91. The van der Waals surface area contributed by atoms with Crippen LogP contribution in [-0.2, 0) is 0 Å². The first-order chi connectivity index (χ1) is 3.63. The third-order valence-corrected chi connectivity index (χ3v) is 1.92. The molecule has 0 fully saturated rings. The Morgan fingerprint density at radius 2 is 2.25 bits per heavy atom. The van der Waals surface area contributed by atoms with Gasteiger partial charge >= 0.3 is 0 Å². The standard InChI is InChI=1S/C5H9ClOS/c1-4(2)3-8-5(6)7/h4H,3H2,1-2H3. The van der Waals surface area contributed by atoms with Gasteiger partial charge in [-0.25, -0.2) is 0 Å². The number of halogens is 1. The van der Waals surface area contributed by atoms with Crippen molar-refractivity contribution in [2.75, 3.05) is 5.75 Å². The molecule has 3 heteroatoms. The van der Waals surface area contributed by atoms with E-state index < -0.39 is 0 Å². The van der Waals surface area contributed by atoms with Crippen LogP contribution in [0, 0.1) is 5.92 Å². The molecule has 0 aliphatic heterocycles. The molecule has 0 bridgehead atoms. The average molecular weight is 153 g/mol. The van der Waals surface area contributed by atoms with Crippen molar-refractivity contribution < 1.29 is 4.79 Å². The van der Waals surface area contributed by atoms with Gasteiger partial charge in [-0.2, -0.15) is 0 Å². The molecule has 0 aromatic rings. The van der Waals surface area contributed by atoms with Gasteiger partial charge in [0.2, 0.25) is 0 Å². The molecule has 0 aromatic heterocycles. The van der Waals surface area contributed by atoms with Crippen LogP contribution in [0.1, 0.15) is 13.8 Å². The van der Waals surface area contributed by atoms with E-state index in [9.17, 15) is 4.79 Å². The zero-order chi connectivity index (χ0) is 6.57. The highest BCUT2D eigenvalue weighted by Crippen LogP contribution is 2.11. The quantitative estimate of drug-likeness (QED) is 0.566. The Kier molecular flexibility index (Phi) is 4.38. The lowest BCUT2D eigenvalue weighted by atomic mass is 10.3. The molecule has 0 spiro atoms. The van der Waals surface area contributed by atoms with Crippen molar-refractivity contribution in [3.05, 3.63) is 0 Å². The van der Waals surface area contributed by atoms with Crippen molar-refractivity contribution in [2.45, 2.75) is 13.8 Å². The second-order valence-electron chi connectivity index (χ2n) is 1.94. The van der Waals surface area contributed by atoms with E-state index in [1.807, 2.05) is 13.8 Å². The van der Waals surface area contributed by atoms with Crippen molar-refractivity contribution in [1.29, 1.82) is 0 Å². The lowest BCUT2D eigenvalue weighted by molar-refractivity contribution is 0.276. The first-order valence-electron chi connectivity index (χ1n) is 2.45. The summed E-state index contributed by atoms with van der Waals surface area (Å²) >= 11 is 6.21. The normalized spacial score (nSPS) is 10.0. The van der Waals surface area contributed by atoms with Gasteiger partial charge in [0.15, 0.2) is 0 Å². The monoisotopic (exact) mass is 152 g/mol. The molecular formula is C5H9ClOS. The highest BCUT2D eigenvalue weighted by atomic mass is 35.5. The smallest absolute Gasteiger partial charge is 0.268 e. The summed E-state index contributed by atoms with van der Waals surface area (Å²) in [5.41, 5.74) is 0. The fourth-order valence-electron chi connectivity index (χ4n) is 0.232. The van der Waals surface area contributed by atoms with Gasteiger partial charge in [-0.3, -0.25) is 4.79 Å². The predicted octanol–water partition coefficient (Wildman–Crippen LogP) is 2.73. The summed E-state index contributed by atoms with van der Waals surface area (Å²) in [5, 5.41) is 0. The minimum absolute atomic E-state index is 0.307. The molecule has 0 rings (SSSR count). The van der Waals surface area contributed by atoms with E-state index in [1.54, 1.807) is 0 Å². The summed E-state index contributed by atoms with van der Waals surface area (Å²) in [5.74, 6) is 1.37. The summed E-state index contributed by atoms with van der Waals surface area (Å²) in [6.07, 6.45) is 0. The van der Waals surface area contributed by atoms with Crippen molar-refractivity contribution in [3.8, 4) is 0 Å². The second kappa shape index (κ2) is 4.21. The van der Waals surface area contributed by atoms with Crippen LogP contribution >= 0.6 is 23.4 Å². The molecule has 0 radical (unpaired) electrons. The fraction of sp³-hybridized carbons (Fsp3) is 0.800. The highest BCUT2D eigenvalue weighted by Gasteiger charge is 1.97. The molecule has 0 amide bonds. The molecule has 0 N–H and O–H groups in total. The minimum Gasteiger partial charge on any atom is -0.268 e. The third kappa shape index (κ3) is 6.31. The van der Waals surface area contributed by atoms with Gasteiger partial charge in [-0.1, -0.05) is 25.6 Å². The Morgan fingerprint density at radius 3 is 2.38 bits per heavy atom. The molecule has 8 heavy (non-hydrogen) atoms. The number of carbonyl (C=O) groups excluding carboxylic acids is 1. The van der Waals surface area contributed by atoms with Gasteiger partial charge in [0.1, 0.15) is 0 Å². The van der Waals surface area contributed by atoms with E-state index in [1.165, 1.54) is 11.8 Å². The number of rotatable bonds is 2. The summed E-state index contributed by atoms with van der Waals surface area (Å²) in [6.45, 7) is 4.10. The molecule has 0 aromatic carbocycles. The molecular weight excluding hydrogens is 144 g/mol. The fourth-order valence-corrected chi connectivity index (χ4v) is 0.886. The largest absolute Gasteiger partial charge is 0.279 e. The van der Waals surface area contributed by atoms with E-state index in [0.717, 1.165) is 5.75 Å². The van der Waals surface area contributed by atoms with Gasteiger partial charge in [0, 0.05) is 5.75 Å². The maximum atomic E-state index is 10.1. The van der Waals surface area contributed by atoms with E-state index in [-0.39, 0.29) is 4.57 Å². The van der Waals surface area contributed by atoms with Crippen LogP contribution in [0.2, 0.25) is 0 Å². The Hall–Kier alpha value is 0.310. The zero-order valence-corrected chi connectivity index (χ0v) is 6.55. The van der Waals surface area contributed by atoms with Crippen LogP contribution in [0.5, 0.6) is 0 Å². The molecule has 0 saturated heterocycles. The molecule has 1 nitrogen and oxygen atoms in total. The van der Waals surface area contributed by atoms with Crippen LogP contribution in [0.4, 0.5) is 4.79 Å². The van der Waals surface area contributed by atoms with Gasteiger partial charge in [0.05, 0.1) is 0 Å². The number of carbonyl (C=O) groups is 1. The summed E-state index contributed by atoms with van der Waals surface area (Å²) in [7, 11) is 0. The molecule has 0 aliphatic rings. The summed E-state index contributed by atoms with van der Waals surface area (Å²) < 4.78 is -0.307. The first kappa shape index (κ1) is 8.31. The number of thioether (sulfide) groups is 1. The molecule has 48 valence electrons. The Bertz CT molecular complexity index is 82.5. The maximum absolute atomic E-state index is 10.1. The van der Waals surface area contributed by atoms with Gasteiger partial charge in [-0.15, -0.1) is 0 Å². The van der Waals surface area contributed by atoms with E-state index in [0.29, 0.717) is 5.92 Å². The van der Waals surface area contributed by atoms with E-state index >= 15 is 0 Å². The van der Waals surface area contributed by atoms with E-state index in [4.69, 9.17) is 11.6 Å². The Morgan fingerprint density at radius 1 is 1.75 bits per heavy atom. The van der Waals surface area contributed by atoms with Gasteiger partial charge in [0.25, 0.3) is 4.57 Å². The number of hydrogen-bond donors (Lipinski definition) is 0. The summed E-state index contributed by atoms with van der Waals surface area (Å²) in [6, 6.07) is 0. The van der Waals surface area contributed by atoms with Crippen LogP contribution < -0.4 is 0 Å². The van der Waals surface area contributed by atoms with Crippen LogP contribution in [0.3, 0.4) is 0 Å². The SMILES string of the molecule is CC(C)CSC(=O)Cl. The maximum Gasteiger partial charge on any atom is 0.279 e. The van der Waals surface area contributed by atoms with Gasteiger partial charge in [-0.05, 0) is 17.5 Å².